The zero-order chi connectivity index (χ0) is 26.4. The molecule has 0 bridgehead atoms. The number of hydrogen-bond donors (Lipinski definition) is 2. The number of anilines is 1. The van der Waals surface area contributed by atoms with E-state index in [9.17, 15) is 14.0 Å². The SMILES string of the molecule is O=C1C[C@@H](c2cccc(Cl)c2)[C@]2(C(=O)Nc3cc(F)ccc32)[C@@H](c2cc(Cl)ccc2OC2CCSCC2)N1. The van der Waals surface area contributed by atoms with Crippen molar-refractivity contribution in [2.24, 2.45) is 0 Å². The van der Waals surface area contributed by atoms with E-state index in [1.807, 2.05) is 17.8 Å². The third kappa shape index (κ3) is 4.34. The number of nitrogens with one attached hydrogen (secondary N) is 2. The summed E-state index contributed by atoms with van der Waals surface area (Å²) in [6.07, 6.45) is 1.89. The first-order chi connectivity index (χ1) is 18.4. The van der Waals surface area contributed by atoms with E-state index >= 15 is 0 Å². The third-order valence-electron chi connectivity index (χ3n) is 7.75. The molecule has 0 aromatic heterocycles. The van der Waals surface area contributed by atoms with Crippen LogP contribution in [0.4, 0.5) is 10.1 Å². The highest BCUT2D eigenvalue weighted by molar-refractivity contribution is 7.99. The number of carbonyl (C=O) groups is 2. The molecule has 1 spiro atoms. The Kier molecular flexibility index (Phi) is 6.79. The second kappa shape index (κ2) is 10.1. The highest BCUT2D eigenvalue weighted by Crippen LogP contribution is 2.58. The van der Waals surface area contributed by atoms with Crippen LogP contribution in [0.5, 0.6) is 5.75 Å². The molecule has 9 heteroatoms. The first-order valence-electron chi connectivity index (χ1n) is 12.6. The van der Waals surface area contributed by atoms with Gasteiger partial charge < -0.3 is 15.4 Å². The van der Waals surface area contributed by atoms with Crippen LogP contribution in [-0.2, 0) is 15.0 Å². The quantitative estimate of drug-likeness (QED) is 0.369. The monoisotopic (exact) mass is 570 g/mol. The van der Waals surface area contributed by atoms with E-state index in [0.29, 0.717) is 32.6 Å². The first kappa shape index (κ1) is 25.5. The standard InChI is InChI=1S/C29H25Cl2FN2O3S/c30-17-3-1-2-16(12-17)23-15-26(35)34-27(29(23)22-6-5-19(32)14-24(22)33-28(29)36)21-13-18(31)4-7-25(21)37-20-8-10-38-11-9-20/h1-7,12-14,20,23,27H,8-11,15H2,(H,33,36)(H,34,35)/t23-,27+,29-/m0/s1. The molecule has 38 heavy (non-hydrogen) atoms. The molecule has 3 aromatic rings. The molecular weight excluding hydrogens is 546 g/mol. The Balaban J connectivity index is 1.57. The number of thioether (sulfide) groups is 1. The summed E-state index contributed by atoms with van der Waals surface area (Å²) in [7, 11) is 0. The van der Waals surface area contributed by atoms with Crippen LogP contribution in [0, 0.1) is 5.82 Å². The van der Waals surface area contributed by atoms with Crippen LogP contribution in [0.15, 0.2) is 60.7 Å². The van der Waals surface area contributed by atoms with Gasteiger partial charge in [-0.2, -0.15) is 11.8 Å². The smallest absolute Gasteiger partial charge is 0.238 e. The van der Waals surface area contributed by atoms with Crippen molar-refractivity contribution in [3.05, 3.63) is 93.2 Å². The van der Waals surface area contributed by atoms with Gasteiger partial charge in [0.2, 0.25) is 11.8 Å². The molecule has 5 nitrogen and oxygen atoms in total. The van der Waals surface area contributed by atoms with Gasteiger partial charge in [0.25, 0.3) is 0 Å². The van der Waals surface area contributed by atoms with Crippen LogP contribution in [0.2, 0.25) is 10.0 Å². The summed E-state index contributed by atoms with van der Waals surface area (Å²) >= 11 is 14.8. The molecule has 3 aliphatic rings. The Labute approximate surface area is 234 Å². The van der Waals surface area contributed by atoms with Gasteiger partial charge in [-0.25, -0.2) is 4.39 Å². The lowest BCUT2D eigenvalue weighted by molar-refractivity contribution is -0.131. The summed E-state index contributed by atoms with van der Waals surface area (Å²) in [6, 6.07) is 16.0. The predicted molar refractivity (Wildman–Crippen MR) is 149 cm³/mol. The first-order valence-corrected chi connectivity index (χ1v) is 14.5. The van der Waals surface area contributed by atoms with Gasteiger partial charge in [-0.05, 0) is 77.9 Å². The Hall–Kier alpha value is -2.74. The van der Waals surface area contributed by atoms with E-state index < -0.39 is 23.2 Å². The van der Waals surface area contributed by atoms with E-state index in [2.05, 4.69) is 10.6 Å². The summed E-state index contributed by atoms with van der Waals surface area (Å²) in [4.78, 5) is 27.5. The fraction of sp³-hybridized carbons (Fsp3) is 0.310. The molecule has 196 valence electrons. The van der Waals surface area contributed by atoms with Gasteiger partial charge in [0.05, 0.1) is 6.04 Å². The fourth-order valence-corrected chi connectivity index (χ4v) is 7.54. The maximum absolute atomic E-state index is 14.3. The Bertz CT molecular complexity index is 1430. The van der Waals surface area contributed by atoms with Gasteiger partial charge in [-0.3, -0.25) is 9.59 Å². The van der Waals surface area contributed by atoms with Crippen molar-refractivity contribution in [2.75, 3.05) is 16.8 Å². The minimum absolute atomic E-state index is 0.0222. The Morgan fingerprint density at radius 1 is 0.974 bits per heavy atom. The van der Waals surface area contributed by atoms with Crippen molar-refractivity contribution in [1.29, 1.82) is 0 Å². The number of rotatable bonds is 4. The predicted octanol–water partition coefficient (Wildman–Crippen LogP) is 6.64. The highest BCUT2D eigenvalue weighted by Gasteiger charge is 2.61. The number of fused-ring (bicyclic) bond motifs is 2. The molecule has 3 atom stereocenters. The van der Waals surface area contributed by atoms with Crippen molar-refractivity contribution in [3.63, 3.8) is 0 Å². The molecule has 0 unspecified atom stereocenters. The number of halogens is 3. The van der Waals surface area contributed by atoms with Crippen molar-refractivity contribution in [2.45, 2.75) is 42.7 Å². The van der Waals surface area contributed by atoms with Crippen molar-refractivity contribution < 1.29 is 18.7 Å². The minimum Gasteiger partial charge on any atom is -0.490 e. The summed E-state index contributed by atoms with van der Waals surface area (Å²) in [5, 5.41) is 6.96. The lowest BCUT2D eigenvalue weighted by Gasteiger charge is -2.46. The van der Waals surface area contributed by atoms with Gasteiger partial charge in [0, 0.05) is 33.6 Å². The molecule has 2 fully saturated rings. The molecule has 2 saturated heterocycles. The van der Waals surface area contributed by atoms with Crippen molar-refractivity contribution in [3.8, 4) is 5.75 Å². The lowest BCUT2D eigenvalue weighted by Crippen LogP contribution is -2.57. The van der Waals surface area contributed by atoms with Crippen LogP contribution in [-0.4, -0.2) is 29.4 Å². The van der Waals surface area contributed by atoms with Crippen molar-refractivity contribution >= 4 is 52.5 Å². The van der Waals surface area contributed by atoms with E-state index in [1.165, 1.54) is 12.1 Å². The maximum Gasteiger partial charge on any atom is 0.238 e. The lowest BCUT2D eigenvalue weighted by atomic mass is 9.59. The molecule has 3 aliphatic heterocycles. The average molecular weight is 572 g/mol. The minimum atomic E-state index is -1.30. The fourth-order valence-electron chi connectivity index (χ4n) is 6.10. The second-order valence-corrected chi connectivity index (χ2v) is 12.0. The molecule has 0 saturated carbocycles. The molecule has 6 rings (SSSR count). The van der Waals surface area contributed by atoms with E-state index in [0.717, 1.165) is 29.9 Å². The molecule has 3 heterocycles. The van der Waals surface area contributed by atoms with Crippen LogP contribution < -0.4 is 15.4 Å². The zero-order valence-corrected chi connectivity index (χ0v) is 22.6. The molecule has 3 aromatic carbocycles. The van der Waals surface area contributed by atoms with Gasteiger partial charge in [-0.15, -0.1) is 0 Å². The van der Waals surface area contributed by atoms with Gasteiger partial charge in [0.1, 0.15) is 23.1 Å². The highest BCUT2D eigenvalue weighted by atomic mass is 35.5. The van der Waals surface area contributed by atoms with Gasteiger partial charge >= 0.3 is 0 Å². The van der Waals surface area contributed by atoms with E-state index in [4.69, 9.17) is 27.9 Å². The Morgan fingerprint density at radius 3 is 2.55 bits per heavy atom. The normalized spacial score (nSPS) is 25.1. The van der Waals surface area contributed by atoms with Gasteiger partial charge in [0.15, 0.2) is 0 Å². The van der Waals surface area contributed by atoms with Crippen LogP contribution >= 0.6 is 35.0 Å². The van der Waals surface area contributed by atoms with E-state index in [-0.39, 0.29) is 24.3 Å². The summed E-state index contributed by atoms with van der Waals surface area (Å²) < 4.78 is 20.8. The Morgan fingerprint density at radius 2 is 1.76 bits per heavy atom. The van der Waals surface area contributed by atoms with Crippen LogP contribution in [0.3, 0.4) is 0 Å². The zero-order valence-electron chi connectivity index (χ0n) is 20.3. The summed E-state index contributed by atoms with van der Waals surface area (Å²) in [5.41, 5.74) is 1.06. The molecule has 2 amide bonds. The molecule has 0 aliphatic carbocycles. The number of hydrogen-bond acceptors (Lipinski definition) is 4. The number of piperidine rings is 1. The largest absolute Gasteiger partial charge is 0.490 e. The van der Waals surface area contributed by atoms with Crippen LogP contribution in [0.1, 0.15) is 47.9 Å². The summed E-state index contributed by atoms with van der Waals surface area (Å²) in [5.74, 6) is 1.02. The van der Waals surface area contributed by atoms with Crippen molar-refractivity contribution in [1.82, 2.24) is 5.32 Å². The maximum atomic E-state index is 14.3. The van der Waals surface area contributed by atoms with Gasteiger partial charge in [-0.1, -0.05) is 41.4 Å². The van der Waals surface area contributed by atoms with E-state index in [1.54, 1.807) is 42.5 Å². The number of carbonyl (C=O) groups excluding carboxylic acids is 2. The molecule has 2 N–H and O–H groups in total. The molecular formula is C29H25Cl2FN2O3S. The topological polar surface area (TPSA) is 67.4 Å². The van der Waals surface area contributed by atoms with Crippen LogP contribution in [0.25, 0.3) is 0 Å². The third-order valence-corrected chi connectivity index (χ3v) is 9.27. The number of ether oxygens (including phenoxy) is 1. The number of benzene rings is 3. The second-order valence-electron chi connectivity index (χ2n) is 9.94. The average Bonchev–Trinajstić information content (AvgIpc) is 3.18. The molecule has 0 radical (unpaired) electrons. The summed E-state index contributed by atoms with van der Waals surface area (Å²) in [6.45, 7) is 0. The number of amides is 2.